The molecule has 0 radical (unpaired) electrons. The lowest BCUT2D eigenvalue weighted by atomic mass is 9.54. The fourth-order valence-corrected chi connectivity index (χ4v) is 6.84. The Morgan fingerprint density at radius 1 is 0.927 bits per heavy atom. The Labute approximate surface area is 237 Å². The Kier molecular flexibility index (Phi) is 5.83. The summed E-state index contributed by atoms with van der Waals surface area (Å²) in [4.78, 5) is 28.1. The molecule has 198 valence electrons. The van der Waals surface area contributed by atoms with Crippen molar-refractivity contribution in [1.82, 2.24) is 15.0 Å². The van der Waals surface area contributed by atoms with Gasteiger partial charge in [0.25, 0.3) is 0 Å². The molecule has 2 aliphatic rings. The quantitative estimate of drug-likeness (QED) is 0.248. The average molecular weight is 537 g/mol. The number of carbonyl (C=O) groups is 1. The molecule has 0 bridgehead atoms. The number of allylic oxidation sites excluding steroid dienone is 2. The topological polar surface area (TPSA) is 79.5 Å². The van der Waals surface area contributed by atoms with Crippen LogP contribution in [0.2, 0.25) is 0 Å². The maximum Gasteiger partial charge on any atom is 0.176 e. The Bertz CT molecular complexity index is 1920. The number of benzene rings is 3. The molecule has 2 aliphatic carbocycles. The van der Waals surface area contributed by atoms with Gasteiger partial charge in [0, 0.05) is 34.2 Å². The van der Waals surface area contributed by atoms with E-state index in [2.05, 4.69) is 11.1 Å². The molecule has 0 N–H and O–H groups in total. The van der Waals surface area contributed by atoms with Crippen LogP contribution in [0.1, 0.15) is 30.2 Å². The van der Waals surface area contributed by atoms with Gasteiger partial charge in [0.2, 0.25) is 0 Å². The molecule has 0 unspecified atom stereocenters. The summed E-state index contributed by atoms with van der Waals surface area (Å²) in [5, 5.41) is 11.0. The van der Waals surface area contributed by atoms with Gasteiger partial charge in [0.15, 0.2) is 11.6 Å². The van der Waals surface area contributed by atoms with Crippen LogP contribution in [0.5, 0.6) is 0 Å². The second kappa shape index (κ2) is 9.57. The van der Waals surface area contributed by atoms with Crippen LogP contribution in [-0.4, -0.2) is 20.7 Å². The lowest BCUT2D eigenvalue weighted by Crippen LogP contribution is -2.48. The first-order valence-electron chi connectivity index (χ1n) is 13.8. The van der Waals surface area contributed by atoms with Gasteiger partial charge in [-0.05, 0) is 54.7 Å². The summed E-state index contributed by atoms with van der Waals surface area (Å²) < 4.78 is 15.4. The zero-order chi connectivity index (χ0) is 28.1. The first-order chi connectivity index (χ1) is 20.0. The molecule has 0 fully saturated rings. The minimum atomic E-state index is -0.867. The first kappa shape index (κ1) is 25.0. The van der Waals surface area contributed by atoms with Gasteiger partial charge in [-0.15, -0.1) is 0 Å². The fourth-order valence-electron chi connectivity index (χ4n) is 6.84. The minimum Gasteiger partial charge on any atom is -0.293 e. The second-order valence-electron chi connectivity index (χ2n) is 10.8. The van der Waals surface area contributed by atoms with Gasteiger partial charge in [0.05, 0.1) is 27.9 Å². The number of para-hydroxylation sites is 1. The van der Waals surface area contributed by atoms with Crippen LogP contribution in [0.4, 0.5) is 4.39 Å². The highest BCUT2D eigenvalue weighted by atomic mass is 19.1. The van der Waals surface area contributed by atoms with Crippen LogP contribution in [0.15, 0.2) is 103 Å². The Morgan fingerprint density at radius 2 is 1.68 bits per heavy atom. The van der Waals surface area contributed by atoms with Crippen molar-refractivity contribution in [3.8, 4) is 28.7 Å². The van der Waals surface area contributed by atoms with E-state index in [1.807, 2.05) is 79.7 Å². The highest BCUT2D eigenvalue weighted by molar-refractivity contribution is 6.02. The van der Waals surface area contributed by atoms with E-state index in [1.165, 1.54) is 6.07 Å². The van der Waals surface area contributed by atoms with Crippen molar-refractivity contribution < 1.29 is 9.18 Å². The highest BCUT2D eigenvalue weighted by Crippen LogP contribution is 2.54. The van der Waals surface area contributed by atoms with Crippen LogP contribution in [0.25, 0.3) is 33.5 Å². The molecule has 2 aromatic heterocycles. The van der Waals surface area contributed by atoms with E-state index in [4.69, 9.17) is 9.97 Å². The molecule has 6 heteroatoms. The van der Waals surface area contributed by atoms with Gasteiger partial charge in [-0.25, -0.2) is 14.4 Å². The lowest BCUT2D eigenvalue weighted by molar-refractivity contribution is -0.121. The van der Waals surface area contributed by atoms with Gasteiger partial charge in [-0.2, -0.15) is 5.26 Å². The van der Waals surface area contributed by atoms with Gasteiger partial charge in [-0.1, -0.05) is 67.6 Å². The number of ketones is 1. The summed E-state index contributed by atoms with van der Waals surface area (Å²) in [6, 6.07) is 28.5. The molecule has 3 atom stereocenters. The third kappa shape index (κ3) is 3.73. The number of nitrogens with zero attached hydrogens (tertiary/aromatic N) is 4. The summed E-state index contributed by atoms with van der Waals surface area (Å²) in [6.07, 6.45) is 4.81. The van der Waals surface area contributed by atoms with Gasteiger partial charge < -0.3 is 0 Å². The van der Waals surface area contributed by atoms with E-state index < -0.39 is 5.41 Å². The SMILES string of the molecule is C[C@H]1C(=O)C(C#N)=C[C@@]2(c3ccccc3)c3nc(-c4ccnc5ccccc45)nc(-c4ccccc4F)c3CC[C@H]12. The van der Waals surface area contributed by atoms with Gasteiger partial charge in [0.1, 0.15) is 11.9 Å². The number of hydrogen-bond donors (Lipinski definition) is 0. The van der Waals surface area contributed by atoms with Crippen molar-refractivity contribution in [3.63, 3.8) is 0 Å². The van der Waals surface area contributed by atoms with E-state index in [0.29, 0.717) is 29.9 Å². The van der Waals surface area contributed by atoms with Crippen LogP contribution in [-0.2, 0) is 16.6 Å². The number of Topliss-reactive ketones (excluding diaryl/α,β-unsaturated/α-hetero) is 1. The zero-order valence-electron chi connectivity index (χ0n) is 22.4. The van der Waals surface area contributed by atoms with Crippen molar-refractivity contribution in [1.29, 1.82) is 5.26 Å². The number of hydrogen-bond acceptors (Lipinski definition) is 5. The van der Waals surface area contributed by atoms with Crippen molar-refractivity contribution in [2.45, 2.75) is 25.2 Å². The van der Waals surface area contributed by atoms with Crippen LogP contribution in [0.3, 0.4) is 0 Å². The normalized spacial score (nSPS) is 21.5. The summed E-state index contributed by atoms with van der Waals surface area (Å²) in [5.74, 6) is -0.577. The van der Waals surface area contributed by atoms with E-state index in [-0.39, 0.29) is 29.0 Å². The highest BCUT2D eigenvalue weighted by Gasteiger charge is 2.53. The van der Waals surface area contributed by atoms with E-state index in [9.17, 15) is 10.1 Å². The standard InChI is InChI=1S/C35H25FN4O/c1-21-28-16-15-27-31(26-12-5-7-13-29(26)36)39-34(25-17-18-38-30-14-8-6-11-24(25)30)40-33(27)35(28,19-22(20-37)32(21)41)23-9-3-2-4-10-23/h2-14,17-19,21,28H,15-16H2,1H3/t21-,28-,35+/m1/s1. The number of halogens is 1. The largest absolute Gasteiger partial charge is 0.293 e. The summed E-state index contributed by atoms with van der Waals surface area (Å²) in [5.41, 5.74) is 4.29. The Morgan fingerprint density at radius 3 is 2.49 bits per heavy atom. The fraction of sp³-hybridized carbons (Fsp3) is 0.171. The van der Waals surface area contributed by atoms with E-state index in [0.717, 1.165) is 33.3 Å². The summed E-state index contributed by atoms with van der Waals surface area (Å²) in [6.45, 7) is 1.91. The van der Waals surface area contributed by atoms with E-state index >= 15 is 4.39 Å². The van der Waals surface area contributed by atoms with Gasteiger partial charge >= 0.3 is 0 Å². The molecule has 7 rings (SSSR count). The third-order valence-electron chi connectivity index (χ3n) is 8.73. The maximum absolute atomic E-state index is 15.4. The monoisotopic (exact) mass is 536 g/mol. The molecule has 0 aliphatic heterocycles. The van der Waals surface area contributed by atoms with Crippen molar-refractivity contribution in [2.24, 2.45) is 11.8 Å². The molecule has 5 nitrogen and oxygen atoms in total. The average Bonchev–Trinajstić information content (AvgIpc) is 3.02. The van der Waals surface area contributed by atoms with Crippen LogP contribution >= 0.6 is 0 Å². The molecule has 0 saturated carbocycles. The third-order valence-corrected chi connectivity index (χ3v) is 8.73. The number of carbonyl (C=O) groups excluding carboxylic acids is 1. The number of aromatic nitrogens is 3. The molecule has 0 spiro atoms. The van der Waals surface area contributed by atoms with Crippen LogP contribution in [0, 0.1) is 29.0 Å². The molecule has 0 saturated heterocycles. The maximum atomic E-state index is 15.4. The summed E-state index contributed by atoms with van der Waals surface area (Å²) in [7, 11) is 0. The molecule has 2 heterocycles. The second-order valence-corrected chi connectivity index (χ2v) is 10.8. The molecule has 3 aromatic carbocycles. The predicted octanol–water partition coefficient (Wildman–Crippen LogP) is 7.02. The molecule has 5 aromatic rings. The first-order valence-corrected chi connectivity index (χ1v) is 13.8. The van der Waals surface area contributed by atoms with Crippen LogP contribution < -0.4 is 0 Å². The van der Waals surface area contributed by atoms with E-state index in [1.54, 1.807) is 18.3 Å². The number of fused-ring (bicyclic) bond motifs is 4. The molecule has 41 heavy (non-hydrogen) atoms. The number of nitriles is 1. The van der Waals surface area contributed by atoms with Crippen molar-refractivity contribution in [2.75, 3.05) is 0 Å². The molecular formula is C35H25FN4O. The number of rotatable bonds is 3. The smallest absolute Gasteiger partial charge is 0.176 e. The predicted molar refractivity (Wildman–Crippen MR) is 155 cm³/mol. The molecular weight excluding hydrogens is 511 g/mol. The minimum absolute atomic E-state index is 0.132. The summed E-state index contributed by atoms with van der Waals surface area (Å²) >= 11 is 0. The zero-order valence-corrected chi connectivity index (χ0v) is 22.4. The van der Waals surface area contributed by atoms with Crippen molar-refractivity contribution >= 4 is 16.7 Å². The Hall–Kier alpha value is -5.02. The lowest BCUT2D eigenvalue weighted by Gasteiger charge is -2.48. The molecule has 0 amide bonds. The Balaban J connectivity index is 1.63. The van der Waals surface area contributed by atoms with Crippen molar-refractivity contribution in [3.05, 3.63) is 125 Å². The van der Waals surface area contributed by atoms with Gasteiger partial charge in [-0.3, -0.25) is 9.78 Å². The number of pyridine rings is 1.